The van der Waals surface area contributed by atoms with E-state index in [9.17, 15) is 0 Å². The van der Waals surface area contributed by atoms with E-state index in [2.05, 4.69) is 26.1 Å². The summed E-state index contributed by atoms with van der Waals surface area (Å²) < 4.78 is 6.62. The van der Waals surface area contributed by atoms with Crippen LogP contribution in [0, 0.1) is 6.92 Å². The predicted octanol–water partition coefficient (Wildman–Crippen LogP) is 3.69. The van der Waals surface area contributed by atoms with Gasteiger partial charge < -0.3 is 15.7 Å². The fourth-order valence-corrected chi connectivity index (χ4v) is 2.30. The lowest BCUT2D eigenvalue weighted by Crippen LogP contribution is -2.14. The Balaban J connectivity index is 2.39. The average Bonchev–Trinajstić information content (AvgIpc) is 2.43. The van der Waals surface area contributed by atoms with Crippen LogP contribution >= 0.6 is 27.5 Å². The van der Waals surface area contributed by atoms with E-state index in [1.165, 1.54) is 6.20 Å². The number of hydrogen-bond acceptors (Lipinski definition) is 4. The van der Waals surface area contributed by atoms with Crippen LogP contribution in [0.25, 0.3) is 0 Å². The molecule has 0 fully saturated rings. The maximum absolute atomic E-state index is 8.71. The maximum atomic E-state index is 8.71. The number of nitrogens with zero attached hydrogens (tertiary/aromatic N) is 2. The first kappa shape index (κ1) is 14.6. The number of halogens is 2. The second-order valence-electron chi connectivity index (χ2n) is 3.97. The van der Waals surface area contributed by atoms with Gasteiger partial charge in [0.2, 0.25) is 5.88 Å². The largest absolute Gasteiger partial charge is 0.437 e. The van der Waals surface area contributed by atoms with Crippen molar-refractivity contribution in [3.8, 4) is 11.6 Å². The minimum atomic E-state index is -0.102. The average molecular weight is 357 g/mol. The van der Waals surface area contributed by atoms with Crippen LogP contribution in [0.15, 0.2) is 40.1 Å². The Morgan fingerprint density at radius 2 is 2.20 bits per heavy atom. The van der Waals surface area contributed by atoms with Gasteiger partial charge >= 0.3 is 0 Å². The fourth-order valence-electron chi connectivity index (χ4n) is 1.58. The van der Waals surface area contributed by atoms with E-state index in [-0.39, 0.29) is 16.7 Å². The Labute approximate surface area is 129 Å². The maximum Gasteiger partial charge on any atom is 0.238 e. The Kier molecular flexibility index (Phi) is 4.46. The normalized spacial score (nSPS) is 11.4. The minimum Gasteiger partial charge on any atom is -0.437 e. The number of benzene rings is 1. The molecular weight excluding hydrogens is 346 g/mol. The van der Waals surface area contributed by atoms with Crippen LogP contribution in [-0.4, -0.2) is 16.0 Å². The lowest BCUT2D eigenvalue weighted by atomic mass is 10.2. The SMILES string of the molecule is Cc1cc(Br)ccc1Oc1nccc(/C(N)=N/O)c1Cl. The van der Waals surface area contributed by atoms with E-state index < -0.39 is 0 Å². The van der Waals surface area contributed by atoms with Crippen LogP contribution in [-0.2, 0) is 0 Å². The molecule has 2 rings (SSSR count). The smallest absolute Gasteiger partial charge is 0.238 e. The summed E-state index contributed by atoms with van der Waals surface area (Å²) in [5, 5.41) is 11.8. The second kappa shape index (κ2) is 6.11. The van der Waals surface area contributed by atoms with Crippen LogP contribution in [0.5, 0.6) is 11.6 Å². The van der Waals surface area contributed by atoms with Crippen LogP contribution in [0.1, 0.15) is 11.1 Å². The van der Waals surface area contributed by atoms with Crippen molar-refractivity contribution in [3.05, 3.63) is 51.1 Å². The first-order chi connectivity index (χ1) is 9.52. The molecule has 7 heteroatoms. The van der Waals surface area contributed by atoms with E-state index in [1.54, 1.807) is 12.1 Å². The highest BCUT2D eigenvalue weighted by Crippen LogP contribution is 2.32. The Morgan fingerprint density at radius 1 is 1.45 bits per heavy atom. The summed E-state index contributed by atoms with van der Waals surface area (Å²) in [5.41, 5.74) is 6.81. The monoisotopic (exact) mass is 355 g/mol. The molecule has 1 aromatic carbocycles. The Bertz CT molecular complexity index is 677. The molecule has 0 unspecified atom stereocenters. The first-order valence-corrected chi connectivity index (χ1v) is 6.76. The third-order valence-electron chi connectivity index (χ3n) is 2.58. The molecule has 0 saturated carbocycles. The van der Waals surface area contributed by atoms with Gasteiger partial charge in [0.15, 0.2) is 5.84 Å². The van der Waals surface area contributed by atoms with Crippen molar-refractivity contribution >= 4 is 33.4 Å². The highest BCUT2D eigenvalue weighted by Gasteiger charge is 2.13. The summed E-state index contributed by atoms with van der Waals surface area (Å²) in [6.45, 7) is 1.90. The zero-order chi connectivity index (χ0) is 14.7. The van der Waals surface area contributed by atoms with Crippen molar-refractivity contribution in [2.75, 3.05) is 0 Å². The van der Waals surface area contributed by atoms with Crippen molar-refractivity contribution in [1.82, 2.24) is 4.98 Å². The second-order valence-corrected chi connectivity index (χ2v) is 5.27. The lowest BCUT2D eigenvalue weighted by molar-refractivity contribution is 0.318. The molecule has 0 bridgehead atoms. The highest BCUT2D eigenvalue weighted by molar-refractivity contribution is 9.10. The molecule has 104 valence electrons. The van der Waals surface area contributed by atoms with Gasteiger partial charge in [-0.2, -0.15) is 0 Å². The van der Waals surface area contributed by atoms with E-state index in [0.29, 0.717) is 11.3 Å². The lowest BCUT2D eigenvalue weighted by Gasteiger charge is -2.11. The summed E-state index contributed by atoms with van der Waals surface area (Å²) >= 11 is 9.53. The number of oxime groups is 1. The molecule has 1 heterocycles. The number of rotatable bonds is 3. The van der Waals surface area contributed by atoms with Gasteiger partial charge in [0.25, 0.3) is 0 Å². The summed E-state index contributed by atoms with van der Waals surface area (Å²) in [6.07, 6.45) is 1.47. The fraction of sp³-hybridized carbons (Fsp3) is 0.0769. The molecule has 0 aliphatic carbocycles. The number of aromatic nitrogens is 1. The van der Waals surface area contributed by atoms with E-state index in [4.69, 9.17) is 27.3 Å². The summed E-state index contributed by atoms with van der Waals surface area (Å²) in [4.78, 5) is 4.06. The van der Waals surface area contributed by atoms with Gasteiger partial charge in [0, 0.05) is 16.2 Å². The zero-order valence-corrected chi connectivity index (χ0v) is 12.8. The number of nitrogens with two attached hydrogens (primary N) is 1. The van der Waals surface area contributed by atoms with E-state index >= 15 is 0 Å². The van der Waals surface area contributed by atoms with Gasteiger partial charge in [0.05, 0.1) is 0 Å². The molecule has 0 amide bonds. The zero-order valence-electron chi connectivity index (χ0n) is 10.5. The highest BCUT2D eigenvalue weighted by atomic mass is 79.9. The molecule has 20 heavy (non-hydrogen) atoms. The Hall–Kier alpha value is -1.79. The van der Waals surface area contributed by atoms with Crippen LogP contribution in [0.4, 0.5) is 0 Å². The van der Waals surface area contributed by atoms with Crippen molar-refractivity contribution < 1.29 is 9.94 Å². The summed E-state index contributed by atoms with van der Waals surface area (Å²) in [7, 11) is 0. The summed E-state index contributed by atoms with van der Waals surface area (Å²) in [5.74, 6) is 0.718. The van der Waals surface area contributed by atoms with Gasteiger partial charge in [-0.05, 0) is 36.8 Å². The molecule has 5 nitrogen and oxygen atoms in total. The Morgan fingerprint density at radius 3 is 2.85 bits per heavy atom. The van der Waals surface area contributed by atoms with Crippen molar-refractivity contribution in [1.29, 1.82) is 0 Å². The van der Waals surface area contributed by atoms with Crippen LogP contribution in [0.3, 0.4) is 0 Å². The molecule has 0 aliphatic heterocycles. The number of pyridine rings is 1. The quantitative estimate of drug-likeness (QED) is 0.380. The molecule has 0 aliphatic rings. The van der Waals surface area contributed by atoms with Gasteiger partial charge in [-0.1, -0.05) is 32.7 Å². The predicted molar refractivity (Wildman–Crippen MR) is 80.7 cm³/mol. The van der Waals surface area contributed by atoms with Crippen molar-refractivity contribution in [3.63, 3.8) is 0 Å². The minimum absolute atomic E-state index is 0.102. The molecule has 1 aromatic heterocycles. The van der Waals surface area contributed by atoms with Crippen molar-refractivity contribution in [2.24, 2.45) is 10.9 Å². The van der Waals surface area contributed by atoms with Gasteiger partial charge in [-0.3, -0.25) is 0 Å². The first-order valence-electron chi connectivity index (χ1n) is 5.59. The van der Waals surface area contributed by atoms with E-state index in [0.717, 1.165) is 10.0 Å². The standard InChI is InChI=1S/C13H11BrClN3O2/c1-7-6-8(14)2-3-10(7)20-13-11(15)9(4-5-17-13)12(16)18-19/h2-6,19H,1H3,(H2,16,18). The van der Waals surface area contributed by atoms with Gasteiger partial charge in [0.1, 0.15) is 10.8 Å². The van der Waals surface area contributed by atoms with Crippen LogP contribution in [0.2, 0.25) is 5.02 Å². The van der Waals surface area contributed by atoms with Gasteiger partial charge in [-0.25, -0.2) is 4.98 Å². The molecule has 2 aromatic rings. The molecule has 0 radical (unpaired) electrons. The molecule has 0 saturated heterocycles. The topological polar surface area (TPSA) is 80.7 Å². The summed E-state index contributed by atoms with van der Waals surface area (Å²) in [6, 6.07) is 7.10. The molecule has 3 N–H and O–H groups in total. The molecular formula is C13H11BrClN3O2. The number of hydrogen-bond donors (Lipinski definition) is 2. The third kappa shape index (κ3) is 3.02. The number of amidine groups is 1. The molecule has 0 spiro atoms. The third-order valence-corrected chi connectivity index (χ3v) is 3.44. The number of ether oxygens (including phenoxy) is 1. The van der Waals surface area contributed by atoms with E-state index in [1.807, 2.05) is 19.1 Å². The van der Waals surface area contributed by atoms with Crippen molar-refractivity contribution in [2.45, 2.75) is 6.92 Å². The van der Waals surface area contributed by atoms with Crippen LogP contribution < -0.4 is 10.5 Å². The van der Waals surface area contributed by atoms with Gasteiger partial charge in [-0.15, -0.1) is 0 Å². The number of aryl methyl sites for hydroxylation is 1. The molecule has 0 atom stereocenters.